The van der Waals surface area contributed by atoms with Crippen LogP contribution in [0.4, 0.5) is 5.69 Å². The molecular formula is C9H10ClNO2. The number of rotatable bonds is 2. The maximum absolute atomic E-state index is 11.1. The highest BCUT2D eigenvalue weighted by Crippen LogP contribution is 2.16. The molecule has 1 rings (SSSR count). The van der Waals surface area contributed by atoms with Gasteiger partial charge in [-0.25, -0.2) is 4.79 Å². The number of halogens is 1. The number of methoxy groups -OCH3 is 1. The van der Waals surface area contributed by atoms with Crippen molar-refractivity contribution in [3.63, 3.8) is 0 Å². The second kappa shape index (κ2) is 4.14. The number of carbonyl (C=O) groups is 1. The van der Waals surface area contributed by atoms with Crippen LogP contribution >= 0.6 is 11.6 Å². The number of anilines is 1. The van der Waals surface area contributed by atoms with Crippen LogP contribution in [0, 0.1) is 0 Å². The first kappa shape index (κ1) is 9.86. The quantitative estimate of drug-likeness (QED) is 0.449. The molecule has 0 aromatic heterocycles. The van der Waals surface area contributed by atoms with Crippen molar-refractivity contribution in [1.29, 1.82) is 0 Å². The fourth-order valence-electron chi connectivity index (χ4n) is 0.961. The lowest BCUT2D eigenvalue weighted by Crippen LogP contribution is -2.03. The van der Waals surface area contributed by atoms with Gasteiger partial charge < -0.3 is 10.5 Å². The van der Waals surface area contributed by atoms with E-state index < -0.39 is 5.97 Å². The van der Waals surface area contributed by atoms with Crippen molar-refractivity contribution in [3.8, 4) is 0 Å². The van der Waals surface area contributed by atoms with Crippen LogP contribution in [-0.4, -0.2) is 13.1 Å². The summed E-state index contributed by atoms with van der Waals surface area (Å²) in [5.74, 6) is -0.0550. The van der Waals surface area contributed by atoms with Gasteiger partial charge in [-0.05, 0) is 17.7 Å². The lowest BCUT2D eigenvalue weighted by Gasteiger charge is -2.03. The van der Waals surface area contributed by atoms with E-state index in [1.807, 2.05) is 0 Å². The van der Waals surface area contributed by atoms with Crippen LogP contribution in [0.2, 0.25) is 0 Å². The molecule has 0 saturated carbocycles. The minimum atomic E-state index is -0.396. The third-order valence-electron chi connectivity index (χ3n) is 1.71. The van der Waals surface area contributed by atoms with E-state index in [0.29, 0.717) is 17.1 Å². The Morgan fingerprint density at radius 2 is 2.31 bits per heavy atom. The topological polar surface area (TPSA) is 52.3 Å². The Balaban J connectivity index is 3.02. The molecule has 0 aliphatic rings. The van der Waals surface area contributed by atoms with Gasteiger partial charge in [-0.15, -0.1) is 11.6 Å². The SMILES string of the molecule is COC(=O)c1ccc(CCl)c(N)c1. The molecule has 2 N–H and O–H groups in total. The summed E-state index contributed by atoms with van der Waals surface area (Å²) >= 11 is 5.60. The van der Waals surface area contributed by atoms with E-state index >= 15 is 0 Å². The molecule has 13 heavy (non-hydrogen) atoms. The second-order valence-electron chi connectivity index (χ2n) is 2.54. The van der Waals surface area contributed by atoms with Gasteiger partial charge in [0, 0.05) is 11.6 Å². The van der Waals surface area contributed by atoms with E-state index in [1.54, 1.807) is 18.2 Å². The number of esters is 1. The number of benzene rings is 1. The van der Waals surface area contributed by atoms with Crippen molar-refractivity contribution in [1.82, 2.24) is 0 Å². The van der Waals surface area contributed by atoms with Crippen molar-refractivity contribution in [2.45, 2.75) is 5.88 Å². The van der Waals surface area contributed by atoms with Gasteiger partial charge >= 0.3 is 5.97 Å². The first-order chi connectivity index (χ1) is 6.19. The third-order valence-corrected chi connectivity index (χ3v) is 2.00. The molecule has 0 radical (unpaired) electrons. The molecule has 0 bridgehead atoms. The first-order valence-corrected chi connectivity index (χ1v) is 4.25. The monoisotopic (exact) mass is 199 g/mol. The van der Waals surface area contributed by atoms with Gasteiger partial charge in [0.15, 0.2) is 0 Å². The largest absolute Gasteiger partial charge is 0.465 e. The number of alkyl halides is 1. The molecule has 0 saturated heterocycles. The highest BCUT2D eigenvalue weighted by atomic mass is 35.5. The van der Waals surface area contributed by atoms with Gasteiger partial charge in [-0.3, -0.25) is 0 Å². The highest BCUT2D eigenvalue weighted by molar-refractivity contribution is 6.17. The molecule has 70 valence electrons. The Hall–Kier alpha value is -1.22. The predicted octanol–water partition coefficient (Wildman–Crippen LogP) is 1.79. The van der Waals surface area contributed by atoms with Gasteiger partial charge in [-0.1, -0.05) is 6.07 Å². The fourth-order valence-corrected chi connectivity index (χ4v) is 1.20. The number of nitrogens with two attached hydrogens (primary N) is 1. The summed E-state index contributed by atoms with van der Waals surface area (Å²) in [6.07, 6.45) is 0. The van der Waals surface area contributed by atoms with E-state index in [-0.39, 0.29) is 0 Å². The zero-order valence-electron chi connectivity index (χ0n) is 7.21. The Bertz CT molecular complexity index is 325. The molecule has 0 heterocycles. The Morgan fingerprint density at radius 1 is 1.62 bits per heavy atom. The van der Waals surface area contributed by atoms with Gasteiger partial charge in [0.05, 0.1) is 12.7 Å². The lowest BCUT2D eigenvalue weighted by molar-refractivity contribution is 0.0601. The van der Waals surface area contributed by atoms with Crippen LogP contribution in [-0.2, 0) is 10.6 Å². The molecule has 3 nitrogen and oxygen atoms in total. The molecule has 0 unspecified atom stereocenters. The summed E-state index contributed by atoms with van der Waals surface area (Å²) in [7, 11) is 1.33. The average Bonchev–Trinajstić information content (AvgIpc) is 2.16. The van der Waals surface area contributed by atoms with Crippen LogP contribution in [0.3, 0.4) is 0 Å². The summed E-state index contributed by atoms with van der Waals surface area (Å²) < 4.78 is 4.54. The van der Waals surface area contributed by atoms with Gasteiger partial charge in [-0.2, -0.15) is 0 Å². The Labute approximate surface area is 81.4 Å². The van der Waals surface area contributed by atoms with E-state index in [9.17, 15) is 4.79 Å². The van der Waals surface area contributed by atoms with Gasteiger partial charge in [0.25, 0.3) is 0 Å². The van der Waals surface area contributed by atoms with Crippen molar-refractivity contribution in [2.24, 2.45) is 0 Å². The first-order valence-electron chi connectivity index (χ1n) is 3.71. The van der Waals surface area contributed by atoms with E-state index in [1.165, 1.54) is 7.11 Å². The smallest absolute Gasteiger partial charge is 0.337 e. The molecule has 1 aromatic carbocycles. The Morgan fingerprint density at radius 3 is 2.77 bits per heavy atom. The van der Waals surface area contributed by atoms with E-state index in [0.717, 1.165) is 5.56 Å². The van der Waals surface area contributed by atoms with E-state index in [2.05, 4.69) is 4.74 Å². The lowest BCUT2D eigenvalue weighted by atomic mass is 10.1. The summed E-state index contributed by atoms with van der Waals surface area (Å²) in [5.41, 5.74) is 7.40. The molecule has 0 aliphatic heterocycles. The summed E-state index contributed by atoms with van der Waals surface area (Å²) in [5, 5.41) is 0. The minimum absolute atomic E-state index is 0.341. The predicted molar refractivity (Wildman–Crippen MR) is 51.8 cm³/mol. The Kier molecular flexibility index (Phi) is 3.14. The summed E-state index contributed by atoms with van der Waals surface area (Å²) in [6.45, 7) is 0. The minimum Gasteiger partial charge on any atom is -0.465 e. The number of hydrogen-bond donors (Lipinski definition) is 1. The van der Waals surface area contributed by atoms with Crippen molar-refractivity contribution in [2.75, 3.05) is 12.8 Å². The maximum atomic E-state index is 11.1. The molecule has 0 aliphatic carbocycles. The van der Waals surface area contributed by atoms with E-state index in [4.69, 9.17) is 17.3 Å². The number of hydrogen-bond acceptors (Lipinski definition) is 3. The fraction of sp³-hybridized carbons (Fsp3) is 0.222. The summed E-state index contributed by atoms with van der Waals surface area (Å²) in [4.78, 5) is 11.1. The van der Waals surface area contributed by atoms with Crippen molar-refractivity contribution in [3.05, 3.63) is 29.3 Å². The molecule has 1 aromatic rings. The van der Waals surface area contributed by atoms with Gasteiger partial charge in [0.2, 0.25) is 0 Å². The second-order valence-corrected chi connectivity index (χ2v) is 2.81. The molecule has 0 atom stereocenters. The highest BCUT2D eigenvalue weighted by Gasteiger charge is 2.06. The third kappa shape index (κ3) is 2.12. The zero-order chi connectivity index (χ0) is 9.84. The van der Waals surface area contributed by atoms with Crippen LogP contribution in [0.1, 0.15) is 15.9 Å². The molecule has 0 amide bonds. The number of ether oxygens (including phenoxy) is 1. The normalized spacial score (nSPS) is 9.69. The standard InChI is InChI=1S/C9H10ClNO2/c1-13-9(12)6-2-3-7(5-10)8(11)4-6/h2-4H,5,11H2,1H3. The molecular weight excluding hydrogens is 190 g/mol. The zero-order valence-corrected chi connectivity index (χ0v) is 7.97. The number of carbonyl (C=O) groups excluding carboxylic acids is 1. The van der Waals surface area contributed by atoms with Crippen LogP contribution < -0.4 is 5.73 Å². The maximum Gasteiger partial charge on any atom is 0.337 e. The van der Waals surface area contributed by atoms with Gasteiger partial charge in [0.1, 0.15) is 0 Å². The molecule has 4 heteroatoms. The summed E-state index contributed by atoms with van der Waals surface area (Å²) in [6, 6.07) is 4.91. The molecule has 0 fully saturated rings. The number of nitrogen functional groups attached to an aromatic ring is 1. The van der Waals surface area contributed by atoms with Crippen molar-refractivity contribution < 1.29 is 9.53 Å². The average molecular weight is 200 g/mol. The van der Waals surface area contributed by atoms with Crippen LogP contribution in [0.5, 0.6) is 0 Å². The van der Waals surface area contributed by atoms with Crippen molar-refractivity contribution >= 4 is 23.3 Å². The van der Waals surface area contributed by atoms with Crippen LogP contribution in [0.15, 0.2) is 18.2 Å². The molecule has 0 spiro atoms. The van der Waals surface area contributed by atoms with Crippen LogP contribution in [0.25, 0.3) is 0 Å².